The lowest BCUT2D eigenvalue weighted by molar-refractivity contribution is -0.132. The predicted molar refractivity (Wildman–Crippen MR) is 115 cm³/mol. The van der Waals surface area contributed by atoms with Crippen LogP contribution < -0.4 is 24.4 Å². The minimum absolute atomic E-state index is 0.0429. The van der Waals surface area contributed by atoms with Crippen molar-refractivity contribution in [1.82, 2.24) is 4.57 Å². The second kappa shape index (κ2) is 6.81. The van der Waals surface area contributed by atoms with Gasteiger partial charge in [-0.15, -0.1) is 0 Å². The molecule has 158 valence electrons. The number of phenolic OH excluding ortho intramolecular Hbond substituents is 1. The lowest BCUT2D eigenvalue weighted by Gasteiger charge is -2.45. The monoisotopic (exact) mass is 436 g/mol. The number of carbonyl (C=O) groups excluding carboxylic acids is 1. The number of aromatic nitrogens is 1. The van der Waals surface area contributed by atoms with Crippen molar-refractivity contribution in [3.8, 4) is 17.2 Å². The van der Waals surface area contributed by atoms with Crippen LogP contribution in [0.1, 0.15) is 31.0 Å². The van der Waals surface area contributed by atoms with Crippen LogP contribution in [0.4, 0.5) is 0 Å². The van der Waals surface area contributed by atoms with Gasteiger partial charge in [0.25, 0.3) is 5.56 Å². The summed E-state index contributed by atoms with van der Waals surface area (Å²) in [4.78, 5) is 31.3. The number of fused-ring (bicyclic) bond motifs is 6. The molecule has 8 heteroatoms. The van der Waals surface area contributed by atoms with Gasteiger partial charge in [-0.25, -0.2) is 4.99 Å². The molecule has 2 aliphatic rings. The topological polar surface area (TPSA) is 90.1 Å². The molecule has 1 aromatic heterocycles. The minimum Gasteiger partial charge on any atom is -0.504 e. The molecule has 0 radical (unpaired) electrons. The number of ether oxygens (including phenoxy) is 2. The predicted octanol–water partition coefficient (Wildman–Crippen LogP) is 1.99. The largest absolute Gasteiger partial charge is 0.504 e. The summed E-state index contributed by atoms with van der Waals surface area (Å²) in [6.45, 7) is 3.29. The molecule has 3 aromatic rings. The van der Waals surface area contributed by atoms with Crippen LogP contribution in [0.15, 0.2) is 52.3 Å². The van der Waals surface area contributed by atoms with Crippen molar-refractivity contribution in [3.63, 3.8) is 0 Å². The van der Waals surface area contributed by atoms with E-state index in [1.807, 2.05) is 24.3 Å². The van der Waals surface area contributed by atoms with Gasteiger partial charge in [0, 0.05) is 11.1 Å². The standard InChI is InChI=1S/C23H20N2O5S/c1-12(26)18-19-14-8-4-5-9-15(14)30-23(18,2)24-22-25(19)21(28)17(31-22)11-13-7-6-10-16(29-3)20(13)27/h4-11,18-19,27H,1-3H3/b17-11-/t18-,19-,23+/m1/s1. The lowest BCUT2D eigenvalue weighted by atomic mass is 9.79. The molecule has 3 atom stereocenters. The average Bonchev–Trinajstić information content (AvgIpc) is 3.02. The van der Waals surface area contributed by atoms with Gasteiger partial charge in [0.05, 0.1) is 17.7 Å². The van der Waals surface area contributed by atoms with Crippen LogP contribution in [0.2, 0.25) is 0 Å². The number of Topliss-reactive ketones (excluding diaryl/α,β-unsaturated/α-hetero) is 1. The maximum atomic E-state index is 13.5. The van der Waals surface area contributed by atoms with Gasteiger partial charge in [0.15, 0.2) is 16.3 Å². The van der Waals surface area contributed by atoms with Crippen molar-refractivity contribution in [2.45, 2.75) is 25.6 Å². The molecule has 0 aliphatic carbocycles. The van der Waals surface area contributed by atoms with E-state index in [0.29, 0.717) is 26.4 Å². The number of hydrogen-bond donors (Lipinski definition) is 1. The zero-order valence-electron chi connectivity index (χ0n) is 17.2. The summed E-state index contributed by atoms with van der Waals surface area (Å²) in [5, 5.41) is 10.4. The number of methoxy groups -OCH3 is 1. The van der Waals surface area contributed by atoms with E-state index in [0.717, 1.165) is 5.56 Å². The number of aromatic hydroxyl groups is 1. The first-order valence-corrected chi connectivity index (χ1v) is 10.6. The smallest absolute Gasteiger partial charge is 0.270 e. The molecule has 2 aliphatic heterocycles. The van der Waals surface area contributed by atoms with Crippen LogP contribution in [0.25, 0.3) is 6.08 Å². The van der Waals surface area contributed by atoms with Gasteiger partial charge in [-0.1, -0.05) is 41.7 Å². The lowest BCUT2D eigenvalue weighted by Crippen LogP contribution is -2.58. The first-order valence-electron chi connectivity index (χ1n) is 9.81. The second-order valence-electron chi connectivity index (χ2n) is 7.81. The number of para-hydroxylation sites is 2. The van der Waals surface area contributed by atoms with Crippen molar-refractivity contribution in [3.05, 3.63) is 73.3 Å². The fraction of sp³-hybridized carbons (Fsp3) is 0.261. The normalized spacial score (nSPS) is 23.9. The minimum atomic E-state index is -1.10. The van der Waals surface area contributed by atoms with Crippen LogP contribution in [0, 0.1) is 5.92 Å². The number of phenols is 1. The Morgan fingerprint density at radius 3 is 2.81 bits per heavy atom. The van der Waals surface area contributed by atoms with E-state index >= 15 is 0 Å². The molecule has 0 amide bonds. The van der Waals surface area contributed by atoms with Crippen LogP contribution >= 0.6 is 11.3 Å². The summed E-state index contributed by atoms with van der Waals surface area (Å²) in [5.41, 5.74) is -0.116. The summed E-state index contributed by atoms with van der Waals surface area (Å²) in [7, 11) is 1.47. The third-order valence-electron chi connectivity index (χ3n) is 5.85. The Hall–Kier alpha value is -3.39. The van der Waals surface area contributed by atoms with Crippen molar-refractivity contribution < 1.29 is 19.4 Å². The van der Waals surface area contributed by atoms with Crippen molar-refractivity contribution in [2.24, 2.45) is 10.9 Å². The summed E-state index contributed by atoms with van der Waals surface area (Å²) in [6, 6.07) is 12.0. The molecule has 7 nitrogen and oxygen atoms in total. The SMILES string of the molecule is COc1cccc(/C=c2\sc3n(c2=O)[C@@H]2c4ccccc4O[C@](C)(N=3)[C@@H]2C(C)=O)c1O. The van der Waals surface area contributed by atoms with Gasteiger partial charge < -0.3 is 14.6 Å². The summed E-state index contributed by atoms with van der Waals surface area (Å²) in [6.07, 6.45) is 1.62. The van der Waals surface area contributed by atoms with E-state index in [9.17, 15) is 14.7 Å². The highest BCUT2D eigenvalue weighted by molar-refractivity contribution is 7.07. The molecule has 3 heterocycles. The van der Waals surface area contributed by atoms with Crippen LogP contribution in [0.3, 0.4) is 0 Å². The van der Waals surface area contributed by atoms with E-state index in [-0.39, 0.29) is 17.1 Å². The van der Waals surface area contributed by atoms with E-state index < -0.39 is 17.7 Å². The second-order valence-corrected chi connectivity index (χ2v) is 8.82. The average molecular weight is 436 g/mol. The third-order valence-corrected chi connectivity index (χ3v) is 6.84. The summed E-state index contributed by atoms with van der Waals surface area (Å²) >= 11 is 1.21. The quantitative estimate of drug-likeness (QED) is 0.678. The van der Waals surface area contributed by atoms with E-state index in [1.165, 1.54) is 25.4 Å². The number of thiazole rings is 1. The Balaban J connectivity index is 1.80. The molecule has 1 N–H and O–H groups in total. The van der Waals surface area contributed by atoms with Gasteiger partial charge in [0.1, 0.15) is 17.5 Å². The highest BCUT2D eigenvalue weighted by atomic mass is 32.1. The molecule has 2 bridgehead atoms. The van der Waals surface area contributed by atoms with Crippen molar-refractivity contribution >= 4 is 23.2 Å². The molecule has 0 spiro atoms. The van der Waals surface area contributed by atoms with Gasteiger partial charge in [0.2, 0.25) is 5.72 Å². The zero-order valence-corrected chi connectivity index (χ0v) is 18.0. The molecule has 2 aromatic carbocycles. The third kappa shape index (κ3) is 2.82. The number of carbonyl (C=O) groups is 1. The number of rotatable bonds is 3. The molecule has 0 saturated carbocycles. The first-order chi connectivity index (χ1) is 14.8. The number of ketones is 1. The summed E-state index contributed by atoms with van der Waals surface area (Å²) in [5.74, 6) is 0.183. The van der Waals surface area contributed by atoms with Gasteiger partial charge in [-0.05, 0) is 32.1 Å². The van der Waals surface area contributed by atoms with Gasteiger partial charge in [-0.3, -0.25) is 14.2 Å². The molecule has 5 rings (SSSR count). The Kier molecular flexibility index (Phi) is 4.30. The highest BCUT2D eigenvalue weighted by Crippen LogP contribution is 2.47. The molecule has 31 heavy (non-hydrogen) atoms. The van der Waals surface area contributed by atoms with E-state index in [2.05, 4.69) is 0 Å². The molecule has 0 fully saturated rings. The number of nitrogens with zero attached hydrogens (tertiary/aromatic N) is 2. The van der Waals surface area contributed by atoms with Crippen molar-refractivity contribution in [2.75, 3.05) is 7.11 Å². The van der Waals surface area contributed by atoms with Crippen LogP contribution in [-0.4, -0.2) is 28.3 Å². The Bertz CT molecular complexity index is 1410. The maximum Gasteiger partial charge on any atom is 0.270 e. The summed E-state index contributed by atoms with van der Waals surface area (Å²) < 4.78 is 13.3. The number of benzene rings is 2. The Morgan fingerprint density at radius 1 is 1.29 bits per heavy atom. The first kappa shape index (κ1) is 19.6. The fourth-order valence-electron chi connectivity index (χ4n) is 4.52. The molecular weight excluding hydrogens is 416 g/mol. The molecule has 0 unspecified atom stereocenters. The Morgan fingerprint density at radius 2 is 2.06 bits per heavy atom. The van der Waals surface area contributed by atoms with E-state index in [1.54, 1.807) is 35.8 Å². The maximum absolute atomic E-state index is 13.5. The highest BCUT2D eigenvalue weighted by Gasteiger charge is 2.53. The molecular formula is C23H20N2O5S. The van der Waals surface area contributed by atoms with E-state index in [4.69, 9.17) is 14.5 Å². The van der Waals surface area contributed by atoms with Crippen LogP contribution in [-0.2, 0) is 4.79 Å². The van der Waals surface area contributed by atoms with Crippen molar-refractivity contribution in [1.29, 1.82) is 0 Å². The zero-order chi connectivity index (χ0) is 21.9. The fourth-order valence-corrected chi connectivity index (χ4v) is 5.61. The Labute approximate surface area is 181 Å². The molecule has 0 saturated heterocycles. The number of hydrogen-bond acceptors (Lipinski definition) is 7. The van der Waals surface area contributed by atoms with Gasteiger partial charge in [-0.2, -0.15) is 0 Å². The van der Waals surface area contributed by atoms with Gasteiger partial charge >= 0.3 is 0 Å². The van der Waals surface area contributed by atoms with Crippen LogP contribution in [0.5, 0.6) is 17.2 Å².